The van der Waals surface area contributed by atoms with Gasteiger partial charge in [-0.3, -0.25) is 14.9 Å². The predicted molar refractivity (Wildman–Crippen MR) is 95.1 cm³/mol. The van der Waals surface area contributed by atoms with Crippen LogP contribution in [-0.2, 0) is 9.53 Å². The zero-order valence-electron chi connectivity index (χ0n) is 14.0. The van der Waals surface area contributed by atoms with Gasteiger partial charge >= 0.3 is 0 Å². The fourth-order valence-electron chi connectivity index (χ4n) is 3.73. The fraction of sp³-hybridized carbons (Fsp3) is 0.158. The van der Waals surface area contributed by atoms with Crippen molar-refractivity contribution < 1.29 is 14.5 Å². The van der Waals surface area contributed by atoms with Gasteiger partial charge in [-0.15, -0.1) is 0 Å². The second-order valence-corrected chi connectivity index (χ2v) is 6.36. The van der Waals surface area contributed by atoms with E-state index in [1.165, 1.54) is 18.2 Å². The van der Waals surface area contributed by atoms with E-state index < -0.39 is 22.9 Å². The van der Waals surface area contributed by atoms with E-state index in [2.05, 4.69) is 5.32 Å². The number of anilines is 1. The molecule has 2 aromatic carbocycles. The van der Waals surface area contributed by atoms with Gasteiger partial charge in [0.2, 0.25) is 5.91 Å². The van der Waals surface area contributed by atoms with E-state index in [1.807, 2.05) is 18.2 Å². The Morgan fingerprint density at radius 1 is 1.22 bits per heavy atom. The topological polar surface area (TPSA) is 131 Å². The van der Waals surface area contributed by atoms with Gasteiger partial charge in [-0.1, -0.05) is 30.3 Å². The third kappa shape index (κ3) is 2.57. The number of carbonyl (C=O) groups is 1. The summed E-state index contributed by atoms with van der Waals surface area (Å²) < 4.78 is 5.76. The minimum Gasteiger partial charge on any atom is -0.469 e. The first-order valence-corrected chi connectivity index (χ1v) is 8.22. The number of benzene rings is 2. The van der Waals surface area contributed by atoms with E-state index in [9.17, 15) is 20.2 Å². The van der Waals surface area contributed by atoms with Gasteiger partial charge in [-0.25, -0.2) is 0 Å². The summed E-state index contributed by atoms with van der Waals surface area (Å²) in [5.74, 6) is -1.92. The summed E-state index contributed by atoms with van der Waals surface area (Å²) in [5.41, 5.74) is 7.80. The van der Waals surface area contributed by atoms with Crippen molar-refractivity contribution in [1.82, 2.24) is 0 Å². The van der Waals surface area contributed by atoms with Crippen molar-refractivity contribution in [2.45, 2.75) is 12.0 Å². The van der Waals surface area contributed by atoms with Gasteiger partial charge in [0.1, 0.15) is 12.2 Å². The maximum atomic E-state index is 12.9. The Morgan fingerprint density at radius 2 is 2.00 bits per heavy atom. The van der Waals surface area contributed by atoms with E-state index in [0.717, 1.165) is 5.56 Å². The summed E-state index contributed by atoms with van der Waals surface area (Å²) in [6.45, 7) is 0. The molecule has 0 aromatic heterocycles. The number of hydrogen-bond donors (Lipinski definition) is 2. The first-order chi connectivity index (χ1) is 13.0. The van der Waals surface area contributed by atoms with E-state index in [4.69, 9.17) is 10.5 Å². The molecule has 27 heavy (non-hydrogen) atoms. The number of nitro groups is 1. The van der Waals surface area contributed by atoms with Gasteiger partial charge in [0.25, 0.3) is 5.69 Å². The minimum atomic E-state index is -0.774. The number of fused-ring (bicyclic) bond motifs is 3. The van der Waals surface area contributed by atoms with E-state index in [1.54, 1.807) is 18.2 Å². The highest BCUT2D eigenvalue weighted by Gasteiger charge is 2.48. The Morgan fingerprint density at radius 3 is 2.74 bits per heavy atom. The number of non-ortho nitro benzene ring substituents is 1. The average Bonchev–Trinajstić information content (AvgIpc) is 2.67. The van der Waals surface area contributed by atoms with Crippen molar-refractivity contribution in [2.75, 3.05) is 5.32 Å². The van der Waals surface area contributed by atoms with Crippen molar-refractivity contribution in [3.05, 3.63) is 81.2 Å². The van der Waals surface area contributed by atoms with Crippen LogP contribution in [-0.4, -0.2) is 10.8 Å². The molecule has 2 heterocycles. The molecular formula is C19H14N4O4. The van der Waals surface area contributed by atoms with Gasteiger partial charge in [-0.05, 0) is 11.6 Å². The Hall–Kier alpha value is -3.86. The highest BCUT2D eigenvalue weighted by molar-refractivity contribution is 5.97. The Balaban J connectivity index is 1.91. The third-order valence-corrected chi connectivity index (χ3v) is 4.90. The summed E-state index contributed by atoms with van der Waals surface area (Å²) >= 11 is 0. The number of para-hydroxylation sites is 1. The number of nitriles is 1. The molecule has 134 valence electrons. The Labute approximate surface area is 154 Å². The van der Waals surface area contributed by atoms with E-state index in [-0.39, 0.29) is 23.1 Å². The van der Waals surface area contributed by atoms with Crippen LogP contribution in [0.2, 0.25) is 0 Å². The smallest absolute Gasteiger partial charge is 0.269 e. The largest absolute Gasteiger partial charge is 0.469 e. The van der Waals surface area contributed by atoms with Crippen LogP contribution < -0.4 is 11.1 Å². The molecule has 2 aromatic rings. The van der Waals surface area contributed by atoms with Crippen LogP contribution >= 0.6 is 0 Å². The fourth-order valence-corrected chi connectivity index (χ4v) is 3.73. The van der Waals surface area contributed by atoms with Gasteiger partial charge in [0.05, 0.1) is 16.4 Å². The maximum absolute atomic E-state index is 12.9. The molecule has 3 atom stereocenters. The molecule has 0 spiro atoms. The second kappa shape index (κ2) is 6.14. The summed E-state index contributed by atoms with van der Waals surface area (Å²) in [4.78, 5) is 23.5. The standard InChI is InChI=1S/C19H14N4O4/c20-9-13-15(10-4-3-5-11(8-10)23(25)26)16-17(27-18(13)21)12-6-1-2-7-14(12)22-19(16)24/h1-8,15-17H,21H2,(H,22,24). The van der Waals surface area contributed by atoms with Crippen molar-refractivity contribution >= 4 is 17.3 Å². The molecule has 0 fully saturated rings. The minimum absolute atomic E-state index is 0.0697. The molecule has 0 aliphatic carbocycles. The molecular weight excluding hydrogens is 348 g/mol. The first kappa shape index (κ1) is 16.6. The van der Waals surface area contributed by atoms with Gasteiger partial charge in [0, 0.05) is 29.3 Å². The number of hydrogen-bond acceptors (Lipinski definition) is 6. The molecule has 8 nitrogen and oxygen atoms in total. The van der Waals surface area contributed by atoms with Gasteiger partial charge in [0.15, 0.2) is 5.88 Å². The predicted octanol–water partition coefficient (Wildman–Crippen LogP) is 2.71. The number of nitrogens with two attached hydrogens (primary N) is 1. The molecule has 8 heteroatoms. The molecule has 1 amide bonds. The highest BCUT2D eigenvalue weighted by atomic mass is 16.6. The zero-order valence-corrected chi connectivity index (χ0v) is 14.0. The first-order valence-electron chi connectivity index (χ1n) is 8.22. The monoisotopic (exact) mass is 362 g/mol. The second-order valence-electron chi connectivity index (χ2n) is 6.36. The van der Waals surface area contributed by atoms with Crippen molar-refractivity contribution in [3.63, 3.8) is 0 Å². The SMILES string of the molecule is N#CC1=C(N)OC2c3ccccc3NC(=O)C2C1c1cccc([N+](=O)[O-])c1. The van der Waals surface area contributed by atoms with Crippen LogP contribution in [0.25, 0.3) is 0 Å². The molecule has 2 aliphatic rings. The Kier molecular flexibility index (Phi) is 3.78. The normalized spacial score (nSPS) is 23.4. The van der Waals surface area contributed by atoms with Gasteiger partial charge < -0.3 is 15.8 Å². The summed E-state index contributed by atoms with van der Waals surface area (Å²) in [6.07, 6.45) is -0.684. The lowest BCUT2D eigenvalue weighted by Crippen LogP contribution is -2.42. The van der Waals surface area contributed by atoms with E-state index >= 15 is 0 Å². The molecule has 0 radical (unpaired) electrons. The summed E-state index contributed by atoms with van der Waals surface area (Å²) in [5, 5.41) is 23.6. The number of amides is 1. The number of ether oxygens (including phenoxy) is 1. The van der Waals surface area contributed by atoms with Crippen molar-refractivity contribution in [2.24, 2.45) is 11.7 Å². The Bertz CT molecular complexity index is 1040. The zero-order chi connectivity index (χ0) is 19.1. The van der Waals surface area contributed by atoms with Crippen LogP contribution in [0.5, 0.6) is 0 Å². The molecule has 3 unspecified atom stereocenters. The summed E-state index contributed by atoms with van der Waals surface area (Å²) in [6, 6.07) is 15.1. The highest BCUT2D eigenvalue weighted by Crippen LogP contribution is 2.50. The van der Waals surface area contributed by atoms with Crippen molar-refractivity contribution in [1.29, 1.82) is 5.26 Å². The quantitative estimate of drug-likeness (QED) is 0.624. The maximum Gasteiger partial charge on any atom is 0.269 e. The lowest BCUT2D eigenvalue weighted by Gasteiger charge is -2.41. The molecule has 4 rings (SSSR count). The van der Waals surface area contributed by atoms with Crippen LogP contribution in [0, 0.1) is 27.4 Å². The van der Waals surface area contributed by atoms with Crippen LogP contribution in [0.15, 0.2) is 60.0 Å². The van der Waals surface area contributed by atoms with Crippen LogP contribution in [0.1, 0.15) is 23.1 Å². The number of allylic oxidation sites excluding steroid dienone is 1. The number of nitro benzene ring substituents is 1. The van der Waals surface area contributed by atoms with Crippen LogP contribution in [0.3, 0.4) is 0 Å². The number of nitrogens with zero attached hydrogens (tertiary/aromatic N) is 2. The van der Waals surface area contributed by atoms with Crippen LogP contribution in [0.4, 0.5) is 11.4 Å². The number of rotatable bonds is 2. The van der Waals surface area contributed by atoms with Gasteiger partial charge in [-0.2, -0.15) is 5.26 Å². The number of carbonyl (C=O) groups excluding carboxylic acids is 1. The lowest BCUT2D eigenvalue weighted by molar-refractivity contribution is -0.384. The van der Waals surface area contributed by atoms with E-state index in [0.29, 0.717) is 11.3 Å². The molecule has 3 N–H and O–H groups in total. The third-order valence-electron chi connectivity index (χ3n) is 4.90. The molecule has 0 saturated carbocycles. The average molecular weight is 362 g/mol. The molecule has 0 bridgehead atoms. The molecule has 0 saturated heterocycles. The van der Waals surface area contributed by atoms with Crippen molar-refractivity contribution in [3.8, 4) is 6.07 Å². The summed E-state index contributed by atoms with van der Waals surface area (Å²) in [7, 11) is 0. The molecule has 2 aliphatic heterocycles. The number of nitrogens with one attached hydrogen (secondary N) is 1. The lowest BCUT2D eigenvalue weighted by atomic mass is 9.72.